The lowest BCUT2D eigenvalue weighted by atomic mass is 10.4. The first kappa shape index (κ1) is 19.9. The minimum atomic E-state index is -4.41. The summed E-state index contributed by atoms with van der Waals surface area (Å²) >= 11 is 11.7. The van der Waals surface area contributed by atoms with Gasteiger partial charge in [0.25, 0.3) is 10.0 Å². The van der Waals surface area contributed by atoms with Crippen LogP contribution in [0.15, 0.2) is 29.4 Å². The highest BCUT2D eigenvalue weighted by molar-refractivity contribution is 7.90. The third-order valence-electron chi connectivity index (χ3n) is 3.33. The van der Waals surface area contributed by atoms with E-state index in [1.54, 1.807) is 10.8 Å². The number of anilines is 1. The first-order valence-electron chi connectivity index (χ1n) is 7.37. The lowest BCUT2D eigenvalue weighted by molar-refractivity contribution is 0.256. The van der Waals surface area contributed by atoms with Crippen LogP contribution in [0.4, 0.5) is 10.7 Å². The van der Waals surface area contributed by atoms with Gasteiger partial charge in [0.2, 0.25) is 11.8 Å². The summed E-state index contributed by atoms with van der Waals surface area (Å²) in [6.07, 6.45) is 1.37. The maximum absolute atomic E-state index is 12.7. The summed E-state index contributed by atoms with van der Waals surface area (Å²) in [5.74, 6) is 0.180. The number of imidazole rings is 1. The fourth-order valence-corrected chi connectivity index (χ4v) is 3.91. The molecular formula is C14H12Cl2N6O5S. The molecule has 2 amide bonds. The summed E-state index contributed by atoms with van der Waals surface area (Å²) in [5, 5.41) is 1.37. The van der Waals surface area contributed by atoms with E-state index in [0.29, 0.717) is 5.75 Å². The highest BCUT2D eigenvalue weighted by Gasteiger charge is 2.27. The monoisotopic (exact) mass is 446 g/mol. The quantitative estimate of drug-likeness (QED) is 0.567. The molecule has 11 nitrogen and oxygen atoms in total. The van der Waals surface area contributed by atoms with Gasteiger partial charge in [-0.3, -0.25) is 9.72 Å². The first-order chi connectivity index (χ1) is 13.2. The van der Waals surface area contributed by atoms with Crippen LogP contribution in [0.2, 0.25) is 10.3 Å². The van der Waals surface area contributed by atoms with E-state index in [-0.39, 0.29) is 27.8 Å². The van der Waals surface area contributed by atoms with Crippen LogP contribution < -0.4 is 19.5 Å². The molecule has 0 aliphatic rings. The average molecular weight is 447 g/mol. The zero-order valence-electron chi connectivity index (χ0n) is 14.3. The molecule has 14 heteroatoms. The van der Waals surface area contributed by atoms with Crippen molar-refractivity contribution >= 4 is 50.9 Å². The van der Waals surface area contributed by atoms with Crippen LogP contribution >= 0.6 is 23.2 Å². The van der Waals surface area contributed by atoms with Gasteiger partial charge in [-0.2, -0.15) is 13.4 Å². The summed E-state index contributed by atoms with van der Waals surface area (Å²) in [7, 11) is -1.66. The Balaban J connectivity index is 1.90. The van der Waals surface area contributed by atoms with E-state index in [2.05, 4.69) is 20.3 Å². The molecule has 2 N–H and O–H groups in total. The predicted molar refractivity (Wildman–Crippen MR) is 99.7 cm³/mol. The predicted octanol–water partition coefficient (Wildman–Crippen LogP) is 1.96. The summed E-state index contributed by atoms with van der Waals surface area (Å²) in [5.41, 5.74) is 0.245. The Kier molecular flexibility index (Phi) is 5.45. The third kappa shape index (κ3) is 4.03. The number of carbonyl (C=O) groups excluding carboxylic acids is 1. The van der Waals surface area contributed by atoms with Crippen LogP contribution in [0, 0.1) is 0 Å². The SMILES string of the molecule is COc1ccc2nc(Cl)c(S(=O)(=O)NC(=O)Nc3nc(Cl)cc(OC)n3)n2c1. The Morgan fingerprint density at radius 1 is 1.14 bits per heavy atom. The molecule has 0 aliphatic heterocycles. The van der Waals surface area contributed by atoms with Crippen molar-refractivity contribution < 1.29 is 22.7 Å². The third-order valence-corrected chi connectivity index (χ3v) is 5.25. The molecule has 0 fully saturated rings. The van der Waals surface area contributed by atoms with E-state index >= 15 is 0 Å². The molecule has 3 heterocycles. The van der Waals surface area contributed by atoms with Crippen LogP contribution in [0.3, 0.4) is 0 Å². The van der Waals surface area contributed by atoms with Gasteiger partial charge in [-0.1, -0.05) is 23.2 Å². The number of hydrogen-bond acceptors (Lipinski definition) is 8. The maximum atomic E-state index is 12.7. The second-order valence-electron chi connectivity index (χ2n) is 5.12. The van der Waals surface area contributed by atoms with Crippen molar-refractivity contribution in [3.05, 3.63) is 34.7 Å². The number of ether oxygens (including phenoxy) is 2. The molecule has 0 atom stereocenters. The number of carbonyl (C=O) groups is 1. The van der Waals surface area contributed by atoms with Crippen molar-refractivity contribution in [1.29, 1.82) is 0 Å². The number of urea groups is 1. The number of amides is 2. The van der Waals surface area contributed by atoms with Crippen LogP contribution in [-0.2, 0) is 10.0 Å². The van der Waals surface area contributed by atoms with Gasteiger partial charge in [0.05, 0.1) is 20.4 Å². The van der Waals surface area contributed by atoms with Gasteiger partial charge in [0, 0.05) is 6.07 Å². The zero-order chi connectivity index (χ0) is 20.5. The number of pyridine rings is 1. The van der Waals surface area contributed by atoms with Gasteiger partial charge < -0.3 is 9.47 Å². The van der Waals surface area contributed by atoms with Gasteiger partial charge in [-0.25, -0.2) is 19.5 Å². The minimum absolute atomic E-state index is 0.0121. The summed E-state index contributed by atoms with van der Waals surface area (Å²) in [6, 6.07) is 3.26. The number of nitrogens with zero attached hydrogens (tertiary/aromatic N) is 4. The Labute approximate surface area is 168 Å². The van der Waals surface area contributed by atoms with Gasteiger partial charge >= 0.3 is 6.03 Å². The normalized spacial score (nSPS) is 11.3. The van der Waals surface area contributed by atoms with Crippen LogP contribution in [0.25, 0.3) is 5.65 Å². The van der Waals surface area contributed by atoms with Crippen molar-refractivity contribution in [3.8, 4) is 11.6 Å². The molecule has 0 saturated heterocycles. The number of sulfonamides is 1. The summed E-state index contributed by atoms with van der Waals surface area (Å²) in [6.45, 7) is 0. The minimum Gasteiger partial charge on any atom is -0.495 e. The largest absolute Gasteiger partial charge is 0.495 e. The average Bonchev–Trinajstić information content (AvgIpc) is 2.95. The zero-order valence-corrected chi connectivity index (χ0v) is 16.6. The van der Waals surface area contributed by atoms with Gasteiger partial charge in [-0.15, -0.1) is 0 Å². The number of nitrogens with one attached hydrogen (secondary N) is 2. The van der Waals surface area contributed by atoms with Crippen LogP contribution in [0.1, 0.15) is 0 Å². The highest BCUT2D eigenvalue weighted by Crippen LogP contribution is 2.25. The molecular weight excluding hydrogens is 435 g/mol. The van der Waals surface area contributed by atoms with Crippen molar-refractivity contribution in [2.45, 2.75) is 5.03 Å². The second-order valence-corrected chi connectivity index (χ2v) is 7.46. The van der Waals surface area contributed by atoms with Crippen molar-refractivity contribution in [2.24, 2.45) is 0 Å². The molecule has 0 radical (unpaired) electrons. The standard InChI is InChI=1S/C14H12Cl2N6O5S/c1-26-7-3-4-9-18-11(16)12(22(9)6-7)28(24,25)21-14(23)20-13-17-8(15)5-10(19-13)27-2/h3-6H,1-2H3,(H2,17,19,20,21,23). The summed E-state index contributed by atoms with van der Waals surface area (Å²) in [4.78, 5) is 23.7. The van der Waals surface area contributed by atoms with Gasteiger partial charge in [0.15, 0.2) is 10.2 Å². The highest BCUT2D eigenvalue weighted by atomic mass is 35.5. The van der Waals surface area contributed by atoms with Crippen molar-refractivity contribution in [1.82, 2.24) is 24.1 Å². The van der Waals surface area contributed by atoms with E-state index in [9.17, 15) is 13.2 Å². The Hall–Kier alpha value is -2.83. The summed E-state index contributed by atoms with van der Waals surface area (Å²) < 4.78 is 38.3. The van der Waals surface area contributed by atoms with Crippen molar-refractivity contribution in [3.63, 3.8) is 0 Å². The fourth-order valence-electron chi connectivity index (χ4n) is 2.19. The van der Waals surface area contributed by atoms with Gasteiger partial charge in [-0.05, 0) is 12.1 Å². The molecule has 0 bridgehead atoms. The maximum Gasteiger partial charge on any atom is 0.335 e. The van der Waals surface area contributed by atoms with Crippen LogP contribution in [0.5, 0.6) is 11.6 Å². The van der Waals surface area contributed by atoms with E-state index < -0.39 is 21.1 Å². The lowest BCUT2D eigenvalue weighted by Gasteiger charge is -2.09. The van der Waals surface area contributed by atoms with Gasteiger partial charge in [0.1, 0.15) is 16.5 Å². The van der Waals surface area contributed by atoms with E-state index in [0.717, 1.165) is 0 Å². The number of rotatable bonds is 5. The molecule has 148 valence electrons. The van der Waals surface area contributed by atoms with E-state index in [1.807, 2.05) is 0 Å². The molecule has 0 spiro atoms. The molecule has 0 aliphatic carbocycles. The molecule has 0 unspecified atom stereocenters. The number of fused-ring (bicyclic) bond motifs is 1. The first-order valence-corrected chi connectivity index (χ1v) is 9.61. The molecule has 3 aromatic heterocycles. The number of aromatic nitrogens is 4. The number of methoxy groups -OCH3 is 2. The Morgan fingerprint density at radius 3 is 2.57 bits per heavy atom. The van der Waals surface area contributed by atoms with Crippen molar-refractivity contribution in [2.75, 3.05) is 19.5 Å². The Morgan fingerprint density at radius 2 is 1.89 bits per heavy atom. The second kappa shape index (κ2) is 7.66. The topological polar surface area (TPSA) is 137 Å². The molecule has 28 heavy (non-hydrogen) atoms. The molecule has 0 saturated carbocycles. The molecule has 3 aromatic rings. The van der Waals surface area contributed by atoms with E-state index in [4.69, 9.17) is 32.7 Å². The fraction of sp³-hybridized carbons (Fsp3) is 0.143. The number of hydrogen-bond donors (Lipinski definition) is 2. The lowest BCUT2D eigenvalue weighted by Crippen LogP contribution is -2.35. The smallest absolute Gasteiger partial charge is 0.335 e. The Bertz CT molecular complexity index is 1170. The van der Waals surface area contributed by atoms with E-state index in [1.165, 1.54) is 36.9 Å². The van der Waals surface area contributed by atoms with Crippen LogP contribution in [-0.4, -0.2) is 48.0 Å². The molecule has 0 aromatic carbocycles. The molecule has 3 rings (SSSR count). The number of halogens is 2.